The molecule has 1 saturated heterocycles. The van der Waals surface area contributed by atoms with E-state index in [4.69, 9.17) is 5.73 Å². The summed E-state index contributed by atoms with van der Waals surface area (Å²) in [5, 5.41) is 7.25. The third-order valence-corrected chi connectivity index (χ3v) is 3.95. The van der Waals surface area contributed by atoms with Crippen LogP contribution in [0.5, 0.6) is 0 Å². The van der Waals surface area contributed by atoms with E-state index in [0.29, 0.717) is 23.5 Å². The van der Waals surface area contributed by atoms with Crippen molar-refractivity contribution in [2.75, 3.05) is 43.6 Å². The fourth-order valence-electron chi connectivity index (χ4n) is 2.69. The maximum Gasteiger partial charge on any atom is 0.226 e. The first-order valence-corrected chi connectivity index (χ1v) is 7.22. The van der Waals surface area contributed by atoms with Gasteiger partial charge in [-0.25, -0.2) is 4.98 Å². The van der Waals surface area contributed by atoms with Gasteiger partial charge in [-0.1, -0.05) is 0 Å². The van der Waals surface area contributed by atoms with Gasteiger partial charge in [0.1, 0.15) is 5.82 Å². The molecule has 0 aromatic carbocycles. The summed E-state index contributed by atoms with van der Waals surface area (Å²) in [6, 6.07) is 2.26. The summed E-state index contributed by atoms with van der Waals surface area (Å²) in [4.78, 5) is 15.5. The summed E-state index contributed by atoms with van der Waals surface area (Å²) in [6.45, 7) is 2.17. The molecule has 0 saturated carbocycles. The lowest BCUT2D eigenvalue weighted by Gasteiger charge is -2.29. The van der Waals surface area contributed by atoms with Crippen molar-refractivity contribution in [1.29, 1.82) is 0 Å². The molecule has 2 aromatic heterocycles. The maximum absolute atomic E-state index is 6.08. The van der Waals surface area contributed by atoms with E-state index < -0.39 is 0 Å². The molecule has 21 heavy (non-hydrogen) atoms. The van der Waals surface area contributed by atoms with Gasteiger partial charge in [-0.2, -0.15) is 9.97 Å². The van der Waals surface area contributed by atoms with Crippen molar-refractivity contribution in [3.05, 3.63) is 12.3 Å². The van der Waals surface area contributed by atoms with Gasteiger partial charge in [0.05, 0.1) is 11.1 Å². The Morgan fingerprint density at radius 1 is 1.29 bits per heavy atom. The molecule has 0 bridgehead atoms. The van der Waals surface area contributed by atoms with Crippen molar-refractivity contribution >= 4 is 28.5 Å². The highest BCUT2D eigenvalue weighted by Crippen LogP contribution is 2.26. The van der Waals surface area contributed by atoms with Crippen LogP contribution in [-0.4, -0.2) is 53.1 Å². The van der Waals surface area contributed by atoms with E-state index in [0.717, 1.165) is 37.0 Å². The summed E-state index contributed by atoms with van der Waals surface area (Å²) < 4.78 is 0. The van der Waals surface area contributed by atoms with Crippen LogP contribution in [0.3, 0.4) is 0 Å². The molecule has 1 aliphatic heterocycles. The van der Waals surface area contributed by atoms with Crippen molar-refractivity contribution < 1.29 is 0 Å². The molecule has 7 heteroatoms. The first-order chi connectivity index (χ1) is 10.2. The fraction of sp³-hybridized carbons (Fsp3) is 0.500. The number of nitrogens with one attached hydrogen (secondary N) is 2. The molecule has 0 unspecified atom stereocenters. The molecule has 0 amide bonds. The van der Waals surface area contributed by atoms with Crippen LogP contribution in [0.1, 0.15) is 12.8 Å². The van der Waals surface area contributed by atoms with Crippen LogP contribution in [0.15, 0.2) is 12.3 Å². The highest BCUT2D eigenvalue weighted by atomic mass is 15.2. The summed E-state index contributed by atoms with van der Waals surface area (Å²) >= 11 is 0. The Labute approximate surface area is 124 Å². The Bertz CT molecular complexity index is 635. The second kappa shape index (κ2) is 5.69. The zero-order chi connectivity index (χ0) is 14.8. The smallest absolute Gasteiger partial charge is 0.226 e. The van der Waals surface area contributed by atoms with Gasteiger partial charge in [0, 0.05) is 19.3 Å². The van der Waals surface area contributed by atoms with Crippen molar-refractivity contribution in [1.82, 2.24) is 19.9 Å². The number of rotatable bonds is 3. The molecule has 1 aliphatic rings. The summed E-state index contributed by atoms with van der Waals surface area (Å²) in [5.74, 6) is 1.02. The molecule has 3 rings (SSSR count). The number of nitrogens with two attached hydrogens (primary N) is 1. The highest BCUT2D eigenvalue weighted by Gasteiger charge is 2.18. The number of fused-ring (bicyclic) bond motifs is 1. The SMILES string of the molecule is CNc1ccnc2nc(NC3CCN(C)CC3)nc(N)c12. The number of hydrogen-bond acceptors (Lipinski definition) is 7. The molecule has 0 atom stereocenters. The first-order valence-electron chi connectivity index (χ1n) is 7.22. The third kappa shape index (κ3) is 2.82. The van der Waals surface area contributed by atoms with E-state index in [1.807, 2.05) is 13.1 Å². The van der Waals surface area contributed by atoms with Gasteiger partial charge in [-0.3, -0.25) is 0 Å². The monoisotopic (exact) mass is 287 g/mol. The van der Waals surface area contributed by atoms with Gasteiger partial charge in [0.2, 0.25) is 5.95 Å². The number of anilines is 3. The van der Waals surface area contributed by atoms with Gasteiger partial charge in [0.15, 0.2) is 5.65 Å². The average molecular weight is 287 g/mol. The molecule has 0 spiro atoms. The zero-order valence-corrected chi connectivity index (χ0v) is 12.4. The van der Waals surface area contributed by atoms with E-state index in [2.05, 4.69) is 37.5 Å². The molecular weight excluding hydrogens is 266 g/mol. The first kappa shape index (κ1) is 13.8. The second-order valence-electron chi connectivity index (χ2n) is 5.46. The third-order valence-electron chi connectivity index (χ3n) is 3.95. The van der Waals surface area contributed by atoms with Crippen LogP contribution in [0.4, 0.5) is 17.5 Å². The number of nitrogen functional groups attached to an aromatic ring is 1. The number of likely N-dealkylation sites (tertiary alicyclic amines) is 1. The minimum atomic E-state index is 0.394. The van der Waals surface area contributed by atoms with Crippen LogP contribution in [0.2, 0.25) is 0 Å². The predicted molar refractivity (Wildman–Crippen MR) is 85.4 cm³/mol. The molecule has 4 N–H and O–H groups in total. The molecule has 7 nitrogen and oxygen atoms in total. The minimum absolute atomic E-state index is 0.394. The Morgan fingerprint density at radius 3 is 2.76 bits per heavy atom. The average Bonchev–Trinajstić information content (AvgIpc) is 2.49. The van der Waals surface area contributed by atoms with E-state index in [1.165, 1.54) is 0 Å². The molecule has 0 aliphatic carbocycles. The quantitative estimate of drug-likeness (QED) is 0.780. The largest absolute Gasteiger partial charge is 0.387 e. The normalized spacial score (nSPS) is 17.0. The Hall–Kier alpha value is -2.15. The van der Waals surface area contributed by atoms with Crippen molar-refractivity contribution in [2.45, 2.75) is 18.9 Å². The zero-order valence-electron chi connectivity index (χ0n) is 12.4. The lowest BCUT2D eigenvalue weighted by Crippen LogP contribution is -2.37. The fourth-order valence-corrected chi connectivity index (χ4v) is 2.69. The summed E-state index contributed by atoms with van der Waals surface area (Å²) in [5.41, 5.74) is 7.59. The lowest BCUT2D eigenvalue weighted by atomic mass is 10.1. The lowest BCUT2D eigenvalue weighted by molar-refractivity contribution is 0.263. The van der Waals surface area contributed by atoms with Crippen molar-refractivity contribution in [3.8, 4) is 0 Å². The highest BCUT2D eigenvalue weighted by molar-refractivity contribution is 5.97. The van der Waals surface area contributed by atoms with Crippen LogP contribution in [0, 0.1) is 0 Å². The molecule has 3 heterocycles. The van der Waals surface area contributed by atoms with Gasteiger partial charge in [-0.05, 0) is 39.0 Å². The number of aromatic nitrogens is 3. The predicted octanol–water partition coefficient (Wildman–Crippen LogP) is 1.15. The standard InChI is InChI=1S/C14H21N7/c1-16-10-3-6-17-13-11(10)12(15)19-14(20-13)18-9-4-7-21(2)8-5-9/h3,6,9H,4-5,7-8H2,1-2H3,(H4,15,16,17,18,19,20). The number of nitrogens with zero attached hydrogens (tertiary/aromatic N) is 4. The minimum Gasteiger partial charge on any atom is -0.387 e. The van der Waals surface area contributed by atoms with Crippen molar-refractivity contribution in [3.63, 3.8) is 0 Å². The summed E-state index contributed by atoms with van der Waals surface area (Å²) in [7, 11) is 3.99. The van der Waals surface area contributed by atoms with Crippen LogP contribution < -0.4 is 16.4 Å². The van der Waals surface area contributed by atoms with E-state index in [9.17, 15) is 0 Å². The van der Waals surface area contributed by atoms with Gasteiger partial charge in [-0.15, -0.1) is 0 Å². The van der Waals surface area contributed by atoms with Gasteiger partial charge < -0.3 is 21.3 Å². The molecule has 2 aromatic rings. The van der Waals surface area contributed by atoms with Crippen LogP contribution in [0.25, 0.3) is 11.0 Å². The van der Waals surface area contributed by atoms with E-state index in [1.54, 1.807) is 6.20 Å². The summed E-state index contributed by atoms with van der Waals surface area (Å²) in [6.07, 6.45) is 3.89. The number of hydrogen-bond donors (Lipinski definition) is 3. The second-order valence-corrected chi connectivity index (χ2v) is 5.46. The van der Waals surface area contributed by atoms with E-state index in [-0.39, 0.29) is 0 Å². The molecule has 1 fully saturated rings. The number of piperidine rings is 1. The van der Waals surface area contributed by atoms with Gasteiger partial charge >= 0.3 is 0 Å². The van der Waals surface area contributed by atoms with Crippen molar-refractivity contribution in [2.24, 2.45) is 0 Å². The van der Waals surface area contributed by atoms with E-state index >= 15 is 0 Å². The van der Waals surface area contributed by atoms with Crippen LogP contribution in [-0.2, 0) is 0 Å². The topological polar surface area (TPSA) is 92.0 Å². The molecule has 112 valence electrons. The Kier molecular flexibility index (Phi) is 3.74. The number of pyridine rings is 1. The maximum atomic E-state index is 6.08. The Balaban J connectivity index is 1.87. The Morgan fingerprint density at radius 2 is 2.05 bits per heavy atom. The molecule has 0 radical (unpaired) electrons. The molecular formula is C14H21N7. The van der Waals surface area contributed by atoms with Gasteiger partial charge in [0.25, 0.3) is 0 Å². The van der Waals surface area contributed by atoms with Crippen LogP contribution >= 0.6 is 0 Å².